The Labute approximate surface area is 103 Å². The zero-order valence-electron chi connectivity index (χ0n) is 10.7. The Kier molecular flexibility index (Phi) is 4.05. The van der Waals surface area contributed by atoms with E-state index in [4.69, 9.17) is 10.5 Å². The average Bonchev–Trinajstić information content (AvgIpc) is 2.73. The first-order valence-electron chi connectivity index (χ1n) is 6.81. The first-order chi connectivity index (χ1) is 8.12. The number of nitrogens with two attached hydrogens (primary N) is 1. The van der Waals surface area contributed by atoms with Gasteiger partial charge >= 0.3 is 0 Å². The molecule has 98 valence electrons. The van der Waals surface area contributed by atoms with Crippen LogP contribution in [0.3, 0.4) is 0 Å². The van der Waals surface area contributed by atoms with Crippen LogP contribution in [0.2, 0.25) is 0 Å². The van der Waals surface area contributed by atoms with Crippen LogP contribution in [-0.4, -0.2) is 30.7 Å². The van der Waals surface area contributed by atoms with Crippen molar-refractivity contribution >= 4 is 5.91 Å². The van der Waals surface area contributed by atoms with Gasteiger partial charge in [0.25, 0.3) is 0 Å². The normalized spacial score (nSPS) is 32.4. The topological polar surface area (TPSA) is 64.3 Å². The lowest BCUT2D eigenvalue weighted by Crippen LogP contribution is -2.55. The zero-order valence-corrected chi connectivity index (χ0v) is 10.7. The summed E-state index contributed by atoms with van der Waals surface area (Å²) < 4.78 is 5.49. The van der Waals surface area contributed by atoms with E-state index in [9.17, 15) is 4.79 Å². The smallest absolute Gasteiger partial charge is 0.240 e. The van der Waals surface area contributed by atoms with Gasteiger partial charge in [-0.3, -0.25) is 4.79 Å². The lowest BCUT2D eigenvalue weighted by atomic mass is 9.82. The number of carbonyl (C=O) groups excluding carboxylic acids is 1. The van der Waals surface area contributed by atoms with Crippen LogP contribution in [0.25, 0.3) is 0 Å². The molecule has 0 spiro atoms. The van der Waals surface area contributed by atoms with Crippen molar-refractivity contribution in [2.75, 3.05) is 13.2 Å². The number of hydrogen-bond acceptors (Lipinski definition) is 3. The summed E-state index contributed by atoms with van der Waals surface area (Å²) in [5.74, 6) is 0.488. The van der Waals surface area contributed by atoms with E-state index in [0.717, 1.165) is 38.7 Å². The molecule has 1 saturated heterocycles. The first-order valence-corrected chi connectivity index (χ1v) is 6.81. The molecule has 1 heterocycles. The summed E-state index contributed by atoms with van der Waals surface area (Å²) in [6, 6.07) is 0. The van der Waals surface area contributed by atoms with Crippen molar-refractivity contribution in [2.45, 2.75) is 57.1 Å². The minimum absolute atomic E-state index is 0.0382. The molecule has 0 aromatic heterocycles. The van der Waals surface area contributed by atoms with E-state index in [1.54, 1.807) is 0 Å². The fourth-order valence-electron chi connectivity index (χ4n) is 2.85. The lowest BCUT2D eigenvalue weighted by Gasteiger charge is -2.32. The SMILES string of the molecule is CC1OCCC1CNC(=O)C1(N)CCCCC1. The molecule has 4 heteroatoms. The summed E-state index contributed by atoms with van der Waals surface area (Å²) >= 11 is 0. The molecule has 0 aromatic rings. The number of carbonyl (C=O) groups is 1. The zero-order chi connectivity index (χ0) is 12.3. The van der Waals surface area contributed by atoms with Crippen LogP contribution in [0.5, 0.6) is 0 Å². The maximum Gasteiger partial charge on any atom is 0.240 e. The van der Waals surface area contributed by atoms with E-state index in [1.807, 2.05) is 0 Å². The van der Waals surface area contributed by atoms with Crippen LogP contribution >= 0.6 is 0 Å². The summed E-state index contributed by atoms with van der Waals surface area (Å²) in [5.41, 5.74) is 5.57. The third-order valence-electron chi connectivity index (χ3n) is 4.26. The Morgan fingerprint density at radius 2 is 2.12 bits per heavy atom. The number of nitrogens with one attached hydrogen (secondary N) is 1. The van der Waals surface area contributed by atoms with Crippen molar-refractivity contribution in [1.82, 2.24) is 5.32 Å². The molecular formula is C13H24N2O2. The third kappa shape index (κ3) is 2.99. The van der Waals surface area contributed by atoms with Crippen LogP contribution in [-0.2, 0) is 9.53 Å². The Hall–Kier alpha value is -0.610. The summed E-state index contributed by atoms with van der Waals surface area (Å²) in [7, 11) is 0. The molecule has 2 atom stereocenters. The first kappa shape index (κ1) is 12.8. The monoisotopic (exact) mass is 240 g/mol. The standard InChI is InChI=1S/C13H24N2O2/c1-10-11(5-8-17-10)9-15-12(16)13(14)6-3-2-4-7-13/h10-11H,2-9,14H2,1H3,(H,15,16). The van der Waals surface area contributed by atoms with E-state index in [-0.39, 0.29) is 12.0 Å². The van der Waals surface area contributed by atoms with Gasteiger partial charge < -0.3 is 15.8 Å². The maximum atomic E-state index is 12.1. The summed E-state index contributed by atoms with van der Waals surface area (Å²) in [6.45, 7) is 3.59. The molecule has 1 saturated carbocycles. The Morgan fingerprint density at radius 3 is 2.71 bits per heavy atom. The van der Waals surface area contributed by atoms with Crippen LogP contribution < -0.4 is 11.1 Å². The van der Waals surface area contributed by atoms with Crippen molar-refractivity contribution < 1.29 is 9.53 Å². The average molecular weight is 240 g/mol. The van der Waals surface area contributed by atoms with Crippen LogP contribution in [0.4, 0.5) is 0 Å². The van der Waals surface area contributed by atoms with Crippen LogP contribution in [0.15, 0.2) is 0 Å². The van der Waals surface area contributed by atoms with Gasteiger partial charge in [-0.15, -0.1) is 0 Å². The molecule has 1 amide bonds. The van der Waals surface area contributed by atoms with Gasteiger partial charge in [0.2, 0.25) is 5.91 Å². The molecular weight excluding hydrogens is 216 g/mol. The number of amides is 1. The fourth-order valence-corrected chi connectivity index (χ4v) is 2.85. The van der Waals surface area contributed by atoms with Crippen molar-refractivity contribution in [3.63, 3.8) is 0 Å². The highest BCUT2D eigenvalue weighted by atomic mass is 16.5. The van der Waals surface area contributed by atoms with Gasteiger partial charge in [-0.2, -0.15) is 0 Å². The molecule has 1 aliphatic heterocycles. The van der Waals surface area contributed by atoms with E-state index in [0.29, 0.717) is 12.5 Å². The molecule has 2 aliphatic rings. The second kappa shape index (κ2) is 5.36. The van der Waals surface area contributed by atoms with Gasteiger partial charge in [0.1, 0.15) is 0 Å². The molecule has 0 bridgehead atoms. The van der Waals surface area contributed by atoms with Gasteiger partial charge in [0, 0.05) is 19.1 Å². The van der Waals surface area contributed by atoms with E-state index in [2.05, 4.69) is 12.2 Å². The van der Waals surface area contributed by atoms with Gasteiger partial charge in [-0.1, -0.05) is 19.3 Å². The highest BCUT2D eigenvalue weighted by molar-refractivity contribution is 5.86. The largest absolute Gasteiger partial charge is 0.378 e. The number of hydrogen-bond donors (Lipinski definition) is 2. The molecule has 2 rings (SSSR count). The van der Waals surface area contributed by atoms with Crippen molar-refractivity contribution in [1.29, 1.82) is 0 Å². The molecule has 0 radical (unpaired) electrons. The van der Waals surface area contributed by atoms with Gasteiger partial charge in [-0.25, -0.2) is 0 Å². The maximum absolute atomic E-state index is 12.1. The predicted molar refractivity (Wildman–Crippen MR) is 66.5 cm³/mol. The Bertz CT molecular complexity index is 275. The molecule has 1 aliphatic carbocycles. The Morgan fingerprint density at radius 1 is 1.41 bits per heavy atom. The van der Waals surface area contributed by atoms with E-state index < -0.39 is 5.54 Å². The molecule has 2 unspecified atom stereocenters. The Balaban J connectivity index is 1.80. The minimum Gasteiger partial charge on any atom is -0.378 e. The second-order valence-corrected chi connectivity index (χ2v) is 5.55. The summed E-state index contributed by atoms with van der Waals surface area (Å²) in [5, 5.41) is 3.02. The molecule has 3 N–H and O–H groups in total. The van der Waals surface area contributed by atoms with Gasteiger partial charge in [0.15, 0.2) is 0 Å². The van der Waals surface area contributed by atoms with Gasteiger partial charge in [-0.05, 0) is 26.2 Å². The van der Waals surface area contributed by atoms with Crippen LogP contribution in [0, 0.1) is 5.92 Å². The molecule has 17 heavy (non-hydrogen) atoms. The lowest BCUT2D eigenvalue weighted by molar-refractivity contribution is -0.127. The fraction of sp³-hybridized carbons (Fsp3) is 0.923. The highest BCUT2D eigenvalue weighted by Gasteiger charge is 2.35. The molecule has 2 fully saturated rings. The highest BCUT2D eigenvalue weighted by Crippen LogP contribution is 2.26. The minimum atomic E-state index is -0.610. The van der Waals surface area contributed by atoms with Crippen molar-refractivity contribution in [2.24, 2.45) is 11.7 Å². The van der Waals surface area contributed by atoms with Crippen molar-refractivity contribution in [3.05, 3.63) is 0 Å². The summed E-state index contributed by atoms with van der Waals surface area (Å²) in [4.78, 5) is 12.1. The van der Waals surface area contributed by atoms with Gasteiger partial charge in [0.05, 0.1) is 11.6 Å². The van der Waals surface area contributed by atoms with Crippen LogP contribution in [0.1, 0.15) is 45.4 Å². The molecule has 4 nitrogen and oxygen atoms in total. The third-order valence-corrected chi connectivity index (χ3v) is 4.26. The van der Waals surface area contributed by atoms with E-state index in [1.165, 1.54) is 6.42 Å². The van der Waals surface area contributed by atoms with Crippen molar-refractivity contribution in [3.8, 4) is 0 Å². The second-order valence-electron chi connectivity index (χ2n) is 5.55. The summed E-state index contributed by atoms with van der Waals surface area (Å²) in [6.07, 6.45) is 6.32. The number of ether oxygens (including phenoxy) is 1. The predicted octanol–water partition coefficient (Wildman–Crippen LogP) is 1.19. The quantitative estimate of drug-likeness (QED) is 0.779. The van der Waals surface area contributed by atoms with E-state index >= 15 is 0 Å². The number of rotatable bonds is 3. The molecule has 0 aromatic carbocycles.